The first-order valence-electron chi connectivity index (χ1n) is 8.38. The summed E-state index contributed by atoms with van der Waals surface area (Å²) in [5.74, 6) is -0.925. The minimum absolute atomic E-state index is 0.107. The smallest absolute Gasteiger partial charge is 0.341 e. The fourth-order valence-electron chi connectivity index (χ4n) is 2.79. The highest BCUT2D eigenvalue weighted by atomic mass is 32.1. The number of thiophene rings is 1. The molecule has 0 aromatic carbocycles. The summed E-state index contributed by atoms with van der Waals surface area (Å²) < 4.78 is 6.40. The van der Waals surface area contributed by atoms with Gasteiger partial charge in [0.05, 0.1) is 17.1 Å². The molecule has 2 heterocycles. The van der Waals surface area contributed by atoms with Crippen molar-refractivity contribution in [2.24, 2.45) is 0 Å². The number of carbonyl (C=O) groups excluding carboxylic acids is 2. The quantitative estimate of drug-likeness (QED) is 0.455. The van der Waals surface area contributed by atoms with Gasteiger partial charge in [0.25, 0.3) is 0 Å². The zero-order chi connectivity index (χ0) is 20.5. The number of amides is 1. The molecule has 0 fully saturated rings. The molecule has 146 valence electrons. The van der Waals surface area contributed by atoms with Crippen molar-refractivity contribution in [3.8, 4) is 0 Å². The predicted octanol–water partition coefficient (Wildman–Crippen LogP) is 3.46. The van der Waals surface area contributed by atoms with Crippen LogP contribution in [0.15, 0.2) is 0 Å². The Morgan fingerprint density at radius 3 is 2.48 bits per heavy atom. The highest BCUT2D eigenvalue weighted by Crippen LogP contribution is 2.34. The Morgan fingerprint density at radius 2 is 1.96 bits per heavy atom. The molecule has 0 aliphatic rings. The SMILES string of the molecule is CCOC(=O)c1c(NC(=O)C(C)n2nc(C)c([N+](=O)[O-])c2C)sc(C)c1C. The fraction of sp³-hybridized carbons (Fsp3) is 0.471. The molecule has 2 aromatic heterocycles. The van der Waals surface area contributed by atoms with Gasteiger partial charge in [-0.3, -0.25) is 19.6 Å². The molecule has 1 amide bonds. The number of hydrogen-bond acceptors (Lipinski definition) is 7. The summed E-state index contributed by atoms with van der Waals surface area (Å²) in [6, 6.07) is -0.796. The maximum Gasteiger partial charge on any atom is 0.341 e. The second-order valence-electron chi connectivity index (χ2n) is 6.09. The van der Waals surface area contributed by atoms with E-state index in [1.54, 1.807) is 27.7 Å². The van der Waals surface area contributed by atoms with Gasteiger partial charge >= 0.3 is 11.7 Å². The van der Waals surface area contributed by atoms with Crippen LogP contribution in [-0.4, -0.2) is 33.2 Å². The van der Waals surface area contributed by atoms with Crippen LogP contribution in [0.3, 0.4) is 0 Å². The Bertz CT molecular complexity index is 915. The number of aryl methyl sites for hydroxylation is 2. The Labute approximate surface area is 160 Å². The van der Waals surface area contributed by atoms with E-state index in [1.165, 1.54) is 22.9 Å². The number of carbonyl (C=O) groups is 2. The molecule has 0 saturated heterocycles. The lowest BCUT2D eigenvalue weighted by atomic mass is 10.1. The van der Waals surface area contributed by atoms with E-state index >= 15 is 0 Å². The molecule has 10 heteroatoms. The van der Waals surface area contributed by atoms with Crippen molar-refractivity contribution < 1.29 is 19.2 Å². The molecule has 0 radical (unpaired) electrons. The van der Waals surface area contributed by atoms with Crippen molar-refractivity contribution in [3.05, 3.63) is 37.5 Å². The molecule has 1 atom stereocenters. The van der Waals surface area contributed by atoms with E-state index in [-0.39, 0.29) is 18.0 Å². The first-order chi connectivity index (χ1) is 12.6. The molecule has 0 spiro atoms. The van der Waals surface area contributed by atoms with E-state index in [0.717, 1.165) is 10.4 Å². The summed E-state index contributed by atoms with van der Waals surface area (Å²) in [6.07, 6.45) is 0. The number of anilines is 1. The third kappa shape index (κ3) is 3.85. The van der Waals surface area contributed by atoms with E-state index in [4.69, 9.17) is 4.74 Å². The van der Waals surface area contributed by atoms with Crippen LogP contribution in [0.1, 0.15) is 52.1 Å². The van der Waals surface area contributed by atoms with Gasteiger partial charge in [0.1, 0.15) is 22.4 Å². The van der Waals surface area contributed by atoms with Crippen LogP contribution < -0.4 is 5.32 Å². The standard InChI is InChI=1S/C17H22N4O5S/c1-7-26-17(23)13-8(2)12(6)27-16(13)18-15(22)11(5)20-10(4)14(21(24)25)9(3)19-20/h11H,7H2,1-6H3,(H,18,22). The van der Waals surface area contributed by atoms with E-state index in [9.17, 15) is 19.7 Å². The summed E-state index contributed by atoms with van der Waals surface area (Å²) in [4.78, 5) is 36.5. The minimum atomic E-state index is -0.796. The van der Waals surface area contributed by atoms with Crippen molar-refractivity contribution in [1.82, 2.24) is 9.78 Å². The molecule has 9 nitrogen and oxygen atoms in total. The van der Waals surface area contributed by atoms with Crippen molar-refractivity contribution in [3.63, 3.8) is 0 Å². The highest BCUT2D eigenvalue weighted by Gasteiger charge is 2.29. The lowest BCUT2D eigenvalue weighted by Gasteiger charge is -2.14. The maximum atomic E-state index is 12.7. The number of hydrogen-bond donors (Lipinski definition) is 1. The van der Waals surface area contributed by atoms with Gasteiger partial charge in [-0.15, -0.1) is 11.3 Å². The molecule has 1 unspecified atom stereocenters. The number of nitrogens with one attached hydrogen (secondary N) is 1. The Kier molecular flexibility index (Phi) is 5.99. The second kappa shape index (κ2) is 7.87. The summed E-state index contributed by atoms with van der Waals surface area (Å²) in [5, 5.41) is 18.4. The number of esters is 1. The molecule has 2 rings (SSSR count). The number of ether oxygens (including phenoxy) is 1. The molecule has 1 N–H and O–H groups in total. The number of aromatic nitrogens is 2. The van der Waals surface area contributed by atoms with Crippen LogP contribution >= 0.6 is 11.3 Å². The molecule has 0 aliphatic carbocycles. The first kappa shape index (κ1) is 20.6. The van der Waals surface area contributed by atoms with Gasteiger partial charge in [-0.05, 0) is 47.1 Å². The van der Waals surface area contributed by atoms with E-state index in [2.05, 4.69) is 10.4 Å². The predicted molar refractivity (Wildman–Crippen MR) is 101 cm³/mol. The summed E-state index contributed by atoms with van der Waals surface area (Å²) in [5.41, 5.74) is 1.52. The average molecular weight is 394 g/mol. The minimum Gasteiger partial charge on any atom is -0.462 e. The van der Waals surface area contributed by atoms with Crippen LogP contribution in [-0.2, 0) is 9.53 Å². The van der Waals surface area contributed by atoms with Crippen LogP contribution in [0.2, 0.25) is 0 Å². The zero-order valence-corrected chi connectivity index (χ0v) is 16.9. The normalized spacial score (nSPS) is 11.9. The summed E-state index contributed by atoms with van der Waals surface area (Å²) >= 11 is 1.28. The van der Waals surface area contributed by atoms with Gasteiger partial charge in [0, 0.05) is 4.88 Å². The lowest BCUT2D eigenvalue weighted by molar-refractivity contribution is -0.386. The highest BCUT2D eigenvalue weighted by molar-refractivity contribution is 7.16. The van der Waals surface area contributed by atoms with Gasteiger partial charge in [-0.2, -0.15) is 5.10 Å². The van der Waals surface area contributed by atoms with Gasteiger partial charge in [-0.25, -0.2) is 4.79 Å². The molecular formula is C17H22N4O5S. The van der Waals surface area contributed by atoms with Crippen LogP contribution in [0.4, 0.5) is 10.7 Å². The van der Waals surface area contributed by atoms with E-state index in [0.29, 0.717) is 16.3 Å². The maximum absolute atomic E-state index is 12.7. The molecule has 0 bridgehead atoms. The Balaban J connectivity index is 2.33. The van der Waals surface area contributed by atoms with Crippen LogP contribution in [0.5, 0.6) is 0 Å². The fourth-order valence-corrected chi connectivity index (χ4v) is 3.84. The van der Waals surface area contributed by atoms with Gasteiger partial charge in [0.15, 0.2) is 0 Å². The number of rotatable bonds is 6. The van der Waals surface area contributed by atoms with E-state index in [1.807, 2.05) is 6.92 Å². The monoisotopic (exact) mass is 394 g/mol. The van der Waals surface area contributed by atoms with Gasteiger partial charge in [0.2, 0.25) is 5.91 Å². The largest absolute Gasteiger partial charge is 0.462 e. The molecule has 0 aliphatic heterocycles. The molecule has 27 heavy (non-hydrogen) atoms. The Hall–Kier alpha value is -2.75. The van der Waals surface area contributed by atoms with Gasteiger partial charge in [-0.1, -0.05) is 0 Å². The summed E-state index contributed by atoms with van der Waals surface area (Å²) in [6.45, 7) is 10.3. The van der Waals surface area contributed by atoms with Crippen molar-refractivity contribution in [2.45, 2.75) is 47.6 Å². The van der Waals surface area contributed by atoms with E-state index < -0.39 is 22.8 Å². The average Bonchev–Trinajstić information content (AvgIpc) is 3.02. The van der Waals surface area contributed by atoms with Crippen LogP contribution in [0, 0.1) is 37.8 Å². The zero-order valence-electron chi connectivity index (χ0n) is 16.1. The third-order valence-electron chi connectivity index (χ3n) is 4.32. The van der Waals surface area contributed by atoms with Crippen molar-refractivity contribution in [1.29, 1.82) is 0 Å². The van der Waals surface area contributed by atoms with Crippen LogP contribution in [0.25, 0.3) is 0 Å². The topological polar surface area (TPSA) is 116 Å². The van der Waals surface area contributed by atoms with Gasteiger partial charge < -0.3 is 10.1 Å². The summed E-state index contributed by atoms with van der Waals surface area (Å²) in [7, 11) is 0. The molecule has 0 saturated carbocycles. The van der Waals surface area contributed by atoms with Crippen molar-refractivity contribution in [2.75, 3.05) is 11.9 Å². The number of nitrogens with zero attached hydrogens (tertiary/aromatic N) is 3. The first-order valence-corrected chi connectivity index (χ1v) is 9.19. The molecular weight excluding hydrogens is 372 g/mol. The number of nitro groups is 1. The van der Waals surface area contributed by atoms with Crippen molar-refractivity contribution >= 4 is 33.9 Å². The Morgan fingerprint density at radius 1 is 1.33 bits per heavy atom. The lowest BCUT2D eigenvalue weighted by Crippen LogP contribution is -2.25. The second-order valence-corrected chi connectivity index (χ2v) is 7.32. The third-order valence-corrected chi connectivity index (χ3v) is 5.44. The molecule has 2 aromatic rings.